The molecule has 0 unspecified atom stereocenters. The zero-order valence-electron chi connectivity index (χ0n) is 14.4. The summed E-state index contributed by atoms with van der Waals surface area (Å²) in [6.07, 6.45) is -6.55. The second-order valence-electron chi connectivity index (χ2n) is 7.07. The van der Waals surface area contributed by atoms with Gasteiger partial charge in [0.1, 0.15) is 12.4 Å². The normalized spacial score (nSPS) is 20.7. The zero-order chi connectivity index (χ0) is 20.1. The molecular weight excluding hydrogens is 392 g/mol. The summed E-state index contributed by atoms with van der Waals surface area (Å²) in [5.41, 5.74) is -0.859. The Labute approximate surface area is 156 Å². The topological polar surface area (TPSA) is 59.0 Å². The molecule has 0 aromatic heterocycles. The Hall–Kier alpha value is -2.16. The summed E-state index contributed by atoms with van der Waals surface area (Å²) in [4.78, 5) is 29.1. The molecule has 27 heavy (non-hydrogen) atoms. The predicted octanol–water partition coefficient (Wildman–Crippen LogP) is 3.87. The molecule has 0 spiro atoms. The van der Waals surface area contributed by atoms with Gasteiger partial charge in [-0.15, -0.1) is 0 Å². The summed E-state index contributed by atoms with van der Waals surface area (Å²) in [7, 11) is 0. The molecule has 146 valence electrons. The number of imide groups is 1. The van der Waals surface area contributed by atoms with Gasteiger partial charge in [-0.25, -0.2) is 14.3 Å². The van der Waals surface area contributed by atoms with Crippen molar-refractivity contribution in [3.05, 3.63) is 28.5 Å². The first-order valence-corrected chi connectivity index (χ1v) is 8.41. The summed E-state index contributed by atoms with van der Waals surface area (Å²) in [5, 5.41) is -0.0576. The first kappa shape index (κ1) is 19.6. The van der Waals surface area contributed by atoms with E-state index in [1.807, 2.05) is 0 Å². The standard InChI is InChI=1S/C17H15ClF4N2O3/c1-16(2)7-27-15(23-16)9-5-12(11(19)6-10(9)18)24-13(25)3-8(4-14(24)26)17(20,21)22/h5-6,8H,3-4,7H2,1-2H3. The molecule has 1 aromatic rings. The van der Waals surface area contributed by atoms with Crippen molar-refractivity contribution in [3.63, 3.8) is 0 Å². The number of halogens is 5. The van der Waals surface area contributed by atoms with Crippen LogP contribution in [0.2, 0.25) is 5.02 Å². The zero-order valence-corrected chi connectivity index (χ0v) is 15.1. The van der Waals surface area contributed by atoms with Crippen molar-refractivity contribution in [2.75, 3.05) is 11.5 Å². The highest BCUT2D eigenvalue weighted by atomic mass is 35.5. The van der Waals surface area contributed by atoms with Gasteiger partial charge in [-0.3, -0.25) is 9.59 Å². The van der Waals surface area contributed by atoms with Crippen LogP contribution in [0.3, 0.4) is 0 Å². The molecule has 0 saturated carbocycles. The van der Waals surface area contributed by atoms with Crippen molar-refractivity contribution in [1.29, 1.82) is 0 Å². The third kappa shape index (κ3) is 3.78. The number of carbonyl (C=O) groups excluding carboxylic acids is 2. The van der Waals surface area contributed by atoms with Gasteiger partial charge in [0.2, 0.25) is 17.7 Å². The maximum atomic E-state index is 14.4. The van der Waals surface area contributed by atoms with E-state index in [9.17, 15) is 27.2 Å². The molecule has 0 radical (unpaired) electrons. The maximum Gasteiger partial charge on any atom is 0.392 e. The van der Waals surface area contributed by atoms with Crippen LogP contribution in [0.5, 0.6) is 0 Å². The Morgan fingerprint density at radius 3 is 2.30 bits per heavy atom. The lowest BCUT2D eigenvalue weighted by molar-refractivity contribution is -0.185. The van der Waals surface area contributed by atoms with Crippen molar-refractivity contribution in [3.8, 4) is 0 Å². The summed E-state index contributed by atoms with van der Waals surface area (Å²) in [5.74, 6) is -5.23. The van der Waals surface area contributed by atoms with Gasteiger partial charge >= 0.3 is 6.18 Å². The number of alkyl halides is 3. The van der Waals surface area contributed by atoms with E-state index in [0.717, 1.165) is 12.1 Å². The van der Waals surface area contributed by atoms with Crippen molar-refractivity contribution in [2.45, 2.75) is 38.4 Å². The van der Waals surface area contributed by atoms with Crippen molar-refractivity contribution in [2.24, 2.45) is 10.9 Å². The highest BCUT2D eigenvalue weighted by Gasteiger charge is 2.48. The monoisotopic (exact) mass is 406 g/mol. The first-order chi connectivity index (χ1) is 12.4. The Morgan fingerprint density at radius 2 is 1.81 bits per heavy atom. The molecule has 0 bridgehead atoms. The number of anilines is 1. The van der Waals surface area contributed by atoms with Crippen LogP contribution in [-0.4, -0.2) is 36.0 Å². The molecule has 5 nitrogen and oxygen atoms in total. The van der Waals surface area contributed by atoms with Crippen LogP contribution in [-0.2, 0) is 14.3 Å². The molecule has 1 saturated heterocycles. The van der Waals surface area contributed by atoms with Crippen molar-refractivity contribution >= 4 is 35.0 Å². The van der Waals surface area contributed by atoms with Crippen LogP contribution >= 0.6 is 11.6 Å². The van der Waals surface area contributed by atoms with Crippen LogP contribution in [0.25, 0.3) is 0 Å². The fourth-order valence-corrected chi connectivity index (χ4v) is 3.14. The molecule has 2 aliphatic rings. The Kier molecular flexibility index (Phi) is 4.70. The van der Waals surface area contributed by atoms with Gasteiger partial charge < -0.3 is 4.74 Å². The highest BCUT2D eigenvalue weighted by Crippen LogP contribution is 2.38. The molecule has 10 heteroatoms. The van der Waals surface area contributed by atoms with Gasteiger partial charge in [0.25, 0.3) is 0 Å². The quantitative estimate of drug-likeness (QED) is 0.553. The molecule has 0 aliphatic carbocycles. The van der Waals surface area contributed by atoms with Crippen LogP contribution < -0.4 is 4.90 Å². The molecule has 1 aromatic carbocycles. The van der Waals surface area contributed by atoms with Gasteiger partial charge in [-0.05, 0) is 26.0 Å². The molecule has 2 heterocycles. The van der Waals surface area contributed by atoms with Gasteiger partial charge in [0.15, 0.2) is 0 Å². The summed E-state index contributed by atoms with van der Waals surface area (Å²) >= 11 is 6.03. The number of nitrogens with zero attached hydrogens (tertiary/aromatic N) is 2. The van der Waals surface area contributed by atoms with E-state index in [4.69, 9.17) is 16.3 Å². The molecule has 1 fully saturated rings. The summed E-state index contributed by atoms with van der Waals surface area (Å²) in [6.45, 7) is 3.85. The average Bonchev–Trinajstić information content (AvgIpc) is 2.87. The largest absolute Gasteiger partial charge is 0.475 e. The Bertz CT molecular complexity index is 833. The SMILES string of the molecule is CC1(C)COC(c2cc(N3C(=O)CC(C(F)(F)F)CC3=O)c(F)cc2Cl)=N1. The summed E-state index contributed by atoms with van der Waals surface area (Å²) in [6, 6.07) is 1.97. The van der Waals surface area contributed by atoms with E-state index in [0.29, 0.717) is 4.90 Å². The number of benzene rings is 1. The lowest BCUT2D eigenvalue weighted by Gasteiger charge is -2.31. The van der Waals surface area contributed by atoms with E-state index in [1.165, 1.54) is 0 Å². The molecule has 2 aliphatic heterocycles. The minimum Gasteiger partial charge on any atom is -0.475 e. The maximum absolute atomic E-state index is 14.4. The third-order valence-corrected chi connectivity index (χ3v) is 4.59. The summed E-state index contributed by atoms with van der Waals surface area (Å²) < 4.78 is 58.4. The fourth-order valence-electron chi connectivity index (χ4n) is 2.91. The number of hydrogen-bond donors (Lipinski definition) is 0. The average molecular weight is 407 g/mol. The Balaban J connectivity index is 1.99. The number of piperidine rings is 1. The molecule has 0 N–H and O–H groups in total. The number of amides is 2. The molecule has 0 atom stereocenters. The van der Waals surface area contributed by atoms with Gasteiger partial charge in [0.05, 0.1) is 27.7 Å². The van der Waals surface area contributed by atoms with Crippen LogP contribution in [0.15, 0.2) is 17.1 Å². The number of carbonyl (C=O) groups is 2. The second kappa shape index (κ2) is 6.47. The second-order valence-corrected chi connectivity index (χ2v) is 7.48. The van der Waals surface area contributed by atoms with E-state index in [-0.39, 0.29) is 23.1 Å². The van der Waals surface area contributed by atoms with Crippen molar-refractivity contribution < 1.29 is 31.9 Å². The van der Waals surface area contributed by atoms with E-state index < -0.39 is 53.8 Å². The number of aliphatic imine (C=N–C) groups is 1. The molecule has 3 rings (SSSR count). The lowest BCUT2D eigenvalue weighted by atomic mass is 9.94. The Morgan fingerprint density at radius 1 is 1.22 bits per heavy atom. The highest BCUT2D eigenvalue weighted by molar-refractivity contribution is 6.34. The number of ether oxygens (including phenoxy) is 1. The van der Waals surface area contributed by atoms with Gasteiger partial charge in [-0.2, -0.15) is 13.2 Å². The molecule has 2 amide bonds. The molecular formula is C17H15ClF4N2O3. The first-order valence-electron chi connectivity index (χ1n) is 8.03. The van der Waals surface area contributed by atoms with Gasteiger partial charge in [0, 0.05) is 12.8 Å². The minimum atomic E-state index is -4.68. The van der Waals surface area contributed by atoms with Gasteiger partial charge in [-0.1, -0.05) is 11.6 Å². The third-order valence-electron chi connectivity index (χ3n) is 4.28. The van der Waals surface area contributed by atoms with Crippen molar-refractivity contribution in [1.82, 2.24) is 0 Å². The van der Waals surface area contributed by atoms with Crippen LogP contribution in [0.4, 0.5) is 23.2 Å². The lowest BCUT2D eigenvalue weighted by Crippen LogP contribution is -2.47. The number of rotatable bonds is 2. The van der Waals surface area contributed by atoms with E-state index in [1.54, 1.807) is 13.8 Å². The smallest absolute Gasteiger partial charge is 0.392 e. The van der Waals surface area contributed by atoms with Crippen LogP contribution in [0, 0.1) is 11.7 Å². The fraction of sp³-hybridized carbons (Fsp3) is 0.471. The van der Waals surface area contributed by atoms with E-state index >= 15 is 0 Å². The predicted molar refractivity (Wildman–Crippen MR) is 89.3 cm³/mol. The van der Waals surface area contributed by atoms with Crippen LogP contribution in [0.1, 0.15) is 32.3 Å². The minimum absolute atomic E-state index is 0.0576. The van der Waals surface area contributed by atoms with E-state index in [2.05, 4.69) is 4.99 Å². The number of hydrogen-bond acceptors (Lipinski definition) is 4.